The topological polar surface area (TPSA) is 82.5 Å². The number of nitrogens with zero attached hydrogens (tertiary/aromatic N) is 2. The van der Waals surface area contributed by atoms with E-state index in [1.807, 2.05) is 19.1 Å². The zero-order valence-corrected chi connectivity index (χ0v) is 12.2. The van der Waals surface area contributed by atoms with Gasteiger partial charge < -0.3 is 15.3 Å². The van der Waals surface area contributed by atoms with Crippen LogP contribution in [0.5, 0.6) is 0 Å². The highest BCUT2D eigenvalue weighted by Crippen LogP contribution is 2.17. The summed E-state index contributed by atoms with van der Waals surface area (Å²) in [6.45, 7) is 3.30. The first kappa shape index (κ1) is 15.4. The molecule has 1 saturated heterocycles. The van der Waals surface area contributed by atoms with Gasteiger partial charge in [-0.25, -0.2) is 0 Å². The second kappa shape index (κ2) is 7.17. The molecule has 1 atom stereocenters. The number of nitrogens with one attached hydrogen (secondary N) is 1. The maximum atomic E-state index is 12.1. The minimum atomic E-state index is -0.759. The van der Waals surface area contributed by atoms with Crippen LogP contribution in [0, 0.1) is 5.92 Å². The summed E-state index contributed by atoms with van der Waals surface area (Å²) in [5.74, 6) is -1.05. The second-order valence-electron chi connectivity index (χ2n) is 5.38. The molecule has 0 saturated carbocycles. The number of aromatic nitrogens is 1. The Kier molecular flexibility index (Phi) is 5.27. The average Bonchev–Trinajstić information content (AvgIpc) is 2.53. The van der Waals surface area contributed by atoms with Crippen molar-refractivity contribution >= 4 is 11.9 Å². The van der Waals surface area contributed by atoms with Gasteiger partial charge in [0, 0.05) is 31.5 Å². The first-order chi connectivity index (χ1) is 10.1. The van der Waals surface area contributed by atoms with Gasteiger partial charge in [0.05, 0.1) is 12.5 Å². The van der Waals surface area contributed by atoms with Crippen molar-refractivity contribution in [2.45, 2.75) is 25.8 Å². The lowest BCUT2D eigenvalue weighted by atomic mass is 9.97. The lowest BCUT2D eigenvalue weighted by molar-refractivity contribution is -0.145. The fraction of sp³-hybridized carbons (Fsp3) is 0.533. The van der Waals surface area contributed by atoms with Crippen molar-refractivity contribution in [3.63, 3.8) is 0 Å². The number of piperidine rings is 1. The molecular formula is C15H21N3O3. The fourth-order valence-corrected chi connectivity index (χ4v) is 2.48. The molecule has 2 rings (SSSR count). The number of hydrogen-bond donors (Lipinski definition) is 2. The van der Waals surface area contributed by atoms with E-state index in [4.69, 9.17) is 5.11 Å². The number of likely N-dealkylation sites (tertiary alicyclic amines) is 1. The van der Waals surface area contributed by atoms with Gasteiger partial charge in [-0.1, -0.05) is 6.07 Å². The van der Waals surface area contributed by atoms with Gasteiger partial charge in [-0.2, -0.15) is 0 Å². The zero-order chi connectivity index (χ0) is 15.2. The predicted molar refractivity (Wildman–Crippen MR) is 77.6 cm³/mol. The van der Waals surface area contributed by atoms with Gasteiger partial charge in [-0.3, -0.25) is 14.6 Å². The van der Waals surface area contributed by atoms with Crippen LogP contribution in [0.25, 0.3) is 0 Å². The molecular weight excluding hydrogens is 270 g/mol. The van der Waals surface area contributed by atoms with Gasteiger partial charge in [0.1, 0.15) is 0 Å². The molecule has 114 valence electrons. The standard InChI is InChI=1S/C15H21N3O3/c1-11(13-3-2-6-16-9-13)17-10-14(19)18-7-4-12(5-8-18)15(20)21/h2-3,6,9,11-12,17H,4-5,7-8,10H2,1H3,(H,20,21)/t11-/m1/s1. The van der Waals surface area contributed by atoms with E-state index in [0.717, 1.165) is 5.56 Å². The molecule has 0 bridgehead atoms. The number of carboxylic acids is 1. The summed E-state index contributed by atoms with van der Waals surface area (Å²) in [4.78, 5) is 28.8. The summed E-state index contributed by atoms with van der Waals surface area (Å²) in [6.07, 6.45) is 4.58. The molecule has 2 heterocycles. The highest BCUT2D eigenvalue weighted by Gasteiger charge is 2.26. The lowest BCUT2D eigenvalue weighted by Gasteiger charge is -2.30. The smallest absolute Gasteiger partial charge is 0.306 e. The van der Waals surface area contributed by atoms with Crippen LogP contribution < -0.4 is 5.32 Å². The number of carbonyl (C=O) groups excluding carboxylic acids is 1. The van der Waals surface area contributed by atoms with Crippen LogP contribution >= 0.6 is 0 Å². The van der Waals surface area contributed by atoms with Gasteiger partial charge in [-0.15, -0.1) is 0 Å². The number of aliphatic carboxylic acids is 1. The van der Waals surface area contributed by atoms with Gasteiger partial charge >= 0.3 is 5.97 Å². The van der Waals surface area contributed by atoms with Crippen molar-refractivity contribution in [2.75, 3.05) is 19.6 Å². The number of pyridine rings is 1. The maximum absolute atomic E-state index is 12.1. The van der Waals surface area contributed by atoms with Crippen LogP contribution in [0.15, 0.2) is 24.5 Å². The number of carbonyl (C=O) groups is 2. The van der Waals surface area contributed by atoms with Gasteiger partial charge in [0.15, 0.2) is 0 Å². The first-order valence-corrected chi connectivity index (χ1v) is 7.22. The van der Waals surface area contributed by atoms with E-state index in [1.54, 1.807) is 17.3 Å². The van der Waals surface area contributed by atoms with E-state index < -0.39 is 5.97 Å². The zero-order valence-electron chi connectivity index (χ0n) is 12.2. The molecule has 0 aromatic carbocycles. The minimum Gasteiger partial charge on any atom is -0.481 e. The van der Waals surface area contributed by atoms with Crippen LogP contribution in [-0.4, -0.2) is 46.5 Å². The normalized spacial score (nSPS) is 17.5. The molecule has 1 aliphatic heterocycles. The third kappa shape index (κ3) is 4.26. The maximum Gasteiger partial charge on any atom is 0.306 e. The molecule has 1 fully saturated rings. The summed E-state index contributed by atoms with van der Waals surface area (Å²) in [7, 11) is 0. The fourth-order valence-electron chi connectivity index (χ4n) is 2.48. The molecule has 1 aromatic rings. The van der Waals surface area contributed by atoms with Crippen LogP contribution in [-0.2, 0) is 9.59 Å². The van der Waals surface area contributed by atoms with E-state index in [9.17, 15) is 9.59 Å². The molecule has 0 spiro atoms. The molecule has 0 radical (unpaired) electrons. The Morgan fingerprint density at radius 3 is 2.76 bits per heavy atom. The van der Waals surface area contributed by atoms with Crippen LogP contribution in [0.3, 0.4) is 0 Å². The highest BCUT2D eigenvalue weighted by atomic mass is 16.4. The number of carboxylic acid groups (broad SMARTS) is 1. The van der Waals surface area contributed by atoms with Crippen molar-refractivity contribution in [2.24, 2.45) is 5.92 Å². The third-order valence-corrected chi connectivity index (χ3v) is 3.94. The predicted octanol–water partition coefficient (Wildman–Crippen LogP) is 1.06. The summed E-state index contributed by atoms with van der Waals surface area (Å²) < 4.78 is 0. The molecule has 1 amide bonds. The summed E-state index contributed by atoms with van der Waals surface area (Å²) in [5, 5.41) is 12.1. The van der Waals surface area contributed by atoms with Gasteiger partial charge in [0.2, 0.25) is 5.91 Å². The van der Waals surface area contributed by atoms with E-state index in [-0.39, 0.29) is 24.4 Å². The minimum absolute atomic E-state index is 0.0228. The van der Waals surface area contributed by atoms with E-state index in [1.165, 1.54) is 0 Å². The SMILES string of the molecule is C[C@@H](NCC(=O)N1CCC(C(=O)O)CC1)c1cccnc1. The van der Waals surface area contributed by atoms with Crippen molar-refractivity contribution in [1.29, 1.82) is 0 Å². The Labute approximate surface area is 124 Å². The molecule has 0 unspecified atom stereocenters. The number of hydrogen-bond acceptors (Lipinski definition) is 4. The quantitative estimate of drug-likeness (QED) is 0.847. The van der Waals surface area contributed by atoms with Crippen molar-refractivity contribution < 1.29 is 14.7 Å². The number of rotatable bonds is 5. The molecule has 6 nitrogen and oxygen atoms in total. The largest absolute Gasteiger partial charge is 0.481 e. The van der Waals surface area contributed by atoms with Crippen molar-refractivity contribution in [1.82, 2.24) is 15.2 Å². The van der Waals surface area contributed by atoms with Crippen LogP contribution in [0.4, 0.5) is 0 Å². The third-order valence-electron chi connectivity index (χ3n) is 3.94. The Hall–Kier alpha value is -1.95. The first-order valence-electron chi connectivity index (χ1n) is 7.22. The van der Waals surface area contributed by atoms with Gasteiger partial charge in [-0.05, 0) is 31.4 Å². The highest BCUT2D eigenvalue weighted by molar-refractivity contribution is 5.79. The average molecular weight is 291 g/mol. The van der Waals surface area contributed by atoms with Crippen molar-refractivity contribution in [3.05, 3.63) is 30.1 Å². The Morgan fingerprint density at radius 2 is 2.19 bits per heavy atom. The molecule has 0 aliphatic carbocycles. The molecule has 1 aliphatic rings. The lowest BCUT2D eigenvalue weighted by Crippen LogP contribution is -2.44. The summed E-state index contributed by atoms with van der Waals surface area (Å²) >= 11 is 0. The molecule has 21 heavy (non-hydrogen) atoms. The summed E-state index contributed by atoms with van der Waals surface area (Å²) in [5.41, 5.74) is 1.04. The van der Waals surface area contributed by atoms with E-state index >= 15 is 0 Å². The molecule has 6 heteroatoms. The summed E-state index contributed by atoms with van der Waals surface area (Å²) in [6, 6.07) is 3.89. The van der Waals surface area contributed by atoms with E-state index in [2.05, 4.69) is 10.3 Å². The molecule has 1 aromatic heterocycles. The Bertz CT molecular complexity index is 484. The van der Waals surface area contributed by atoms with Crippen LogP contribution in [0.2, 0.25) is 0 Å². The molecule has 2 N–H and O–H groups in total. The second-order valence-corrected chi connectivity index (χ2v) is 5.38. The monoisotopic (exact) mass is 291 g/mol. The van der Waals surface area contributed by atoms with Crippen LogP contribution in [0.1, 0.15) is 31.4 Å². The number of amides is 1. The van der Waals surface area contributed by atoms with E-state index in [0.29, 0.717) is 25.9 Å². The van der Waals surface area contributed by atoms with Crippen molar-refractivity contribution in [3.8, 4) is 0 Å². The van der Waals surface area contributed by atoms with Gasteiger partial charge in [0.25, 0.3) is 0 Å². The Morgan fingerprint density at radius 1 is 1.48 bits per heavy atom. The Balaban J connectivity index is 1.76.